The largest absolute Gasteiger partial charge is 0.389 e. The van der Waals surface area contributed by atoms with Crippen molar-refractivity contribution in [3.05, 3.63) is 48.2 Å². The molecule has 7 nitrogen and oxygen atoms in total. The molecular weight excluding hydrogens is 357 g/mol. The maximum Gasteiger partial charge on any atom is 0.151 e. The number of nitrogens with zero attached hydrogens (tertiary/aromatic N) is 2. The summed E-state index contributed by atoms with van der Waals surface area (Å²) in [6.45, 7) is 0. The van der Waals surface area contributed by atoms with Gasteiger partial charge < -0.3 is 26.2 Å². The second kappa shape index (κ2) is 6.84. The van der Waals surface area contributed by atoms with E-state index in [0.717, 1.165) is 10.5 Å². The zero-order valence-corrected chi connectivity index (χ0v) is 14.4. The topological polar surface area (TPSA) is 120 Å². The molecule has 3 heterocycles. The van der Waals surface area contributed by atoms with Gasteiger partial charge in [-0.25, -0.2) is 14.4 Å². The van der Waals surface area contributed by atoms with Crippen LogP contribution in [0.1, 0.15) is 11.6 Å². The maximum atomic E-state index is 13.0. The van der Waals surface area contributed by atoms with Crippen molar-refractivity contribution in [2.24, 2.45) is 0 Å². The zero-order chi connectivity index (χ0) is 18.3. The number of aliphatic hydroxyl groups excluding tert-OH is 2. The third-order valence-corrected chi connectivity index (χ3v) is 5.73. The molecule has 26 heavy (non-hydrogen) atoms. The predicted octanol–water partition coefficient (Wildman–Crippen LogP) is 1.21. The molecule has 0 bridgehead atoms. The fraction of sp³-hybridized carbons (Fsp3) is 0.294. The number of hydrogen-bond acceptors (Lipinski definition) is 7. The van der Waals surface area contributed by atoms with Crippen LogP contribution in [0.4, 0.5) is 10.2 Å². The molecule has 6 N–H and O–H groups in total. The van der Waals surface area contributed by atoms with E-state index in [0.29, 0.717) is 22.6 Å². The molecule has 3 aromatic rings. The number of halogens is 1. The van der Waals surface area contributed by atoms with Gasteiger partial charge in [0.1, 0.15) is 23.8 Å². The van der Waals surface area contributed by atoms with Gasteiger partial charge in [-0.3, -0.25) is 0 Å². The second-order valence-electron chi connectivity index (χ2n) is 6.22. The van der Waals surface area contributed by atoms with E-state index in [2.05, 4.69) is 20.3 Å². The fourth-order valence-corrected chi connectivity index (χ4v) is 4.21. The zero-order valence-electron chi connectivity index (χ0n) is 13.6. The molecule has 0 unspecified atom stereocenters. The molecule has 1 aromatic carbocycles. The summed E-state index contributed by atoms with van der Waals surface area (Å²) in [4.78, 5) is 12.1. The fourth-order valence-electron chi connectivity index (χ4n) is 3.22. The number of benzene rings is 1. The number of H-pyrrole nitrogens is 1. The number of hydrogen-bond donors (Lipinski definition) is 5. The van der Waals surface area contributed by atoms with Crippen LogP contribution < -0.4 is 11.1 Å². The number of anilines is 1. The van der Waals surface area contributed by atoms with Gasteiger partial charge >= 0.3 is 0 Å². The lowest BCUT2D eigenvalue weighted by Gasteiger charge is -2.15. The number of nitrogens with one attached hydrogen (secondary N) is 2. The van der Waals surface area contributed by atoms with Gasteiger partial charge in [-0.2, -0.15) is 0 Å². The lowest BCUT2D eigenvalue weighted by molar-refractivity contribution is 0.0308. The van der Waals surface area contributed by atoms with Crippen LogP contribution in [0.25, 0.3) is 11.0 Å². The van der Waals surface area contributed by atoms with Gasteiger partial charge in [-0.15, -0.1) is 11.8 Å². The molecule has 0 spiro atoms. The summed E-state index contributed by atoms with van der Waals surface area (Å²) in [7, 11) is 0. The first kappa shape index (κ1) is 17.2. The Labute approximate surface area is 152 Å². The third kappa shape index (κ3) is 3.03. The van der Waals surface area contributed by atoms with Crippen LogP contribution in [0, 0.1) is 5.82 Å². The van der Waals surface area contributed by atoms with Gasteiger partial charge in [0.25, 0.3) is 0 Å². The lowest BCUT2D eigenvalue weighted by Crippen LogP contribution is -2.35. The molecule has 1 aliphatic heterocycles. The number of aromatic amines is 1. The van der Waals surface area contributed by atoms with Gasteiger partial charge in [0.2, 0.25) is 0 Å². The SMILES string of the molecule is Nc1ncnc2c([C@@H]3N[C@H](CSc4ccc(F)cc4)[C@@H](O)[C@H]3O)c[nH]c12. The minimum Gasteiger partial charge on any atom is -0.389 e. The molecule has 1 aliphatic rings. The van der Waals surface area contributed by atoms with Crippen molar-refractivity contribution in [3.8, 4) is 0 Å². The molecule has 4 atom stereocenters. The van der Waals surface area contributed by atoms with Crippen molar-refractivity contribution >= 4 is 28.6 Å². The number of thioether (sulfide) groups is 1. The van der Waals surface area contributed by atoms with Crippen molar-refractivity contribution in [1.29, 1.82) is 0 Å². The summed E-state index contributed by atoms with van der Waals surface area (Å²) >= 11 is 1.48. The molecule has 1 saturated heterocycles. The van der Waals surface area contributed by atoms with Crippen LogP contribution in [-0.4, -0.2) is 49.2 Å². The number of nitrogen functional groups attached to an aromatic ring is 1. The van der Waals surface area contributed by atoms with Crippen LogP contribution >= 0.6 is 11.8 Å². The highest BCUT2D eigenvalue weighted by molar-refractivity contribution is 7.99. The van der Waals surface area contributed by atoms with E-state index < -0.39 is 18.2 Å². The van der Waals surface area contributed by atoms with Crippen molar-refractivity contribution in [2.45, 2.75) is 29.2 Å². The smallest absolute Gasteiger partial charge is 0.151 e. The van der Waals surface area contributed by atoms with Crippen LogP contribution in [0.15, 0.2) is 41.7 Å². The summed E-state index contributed by atoms with van der Waals surface area (Å²) in [6.07, 6.45) is 1.18. The van der Waals surface area contributed by atoms with Crippen molar-refractivity contribution < 1.29 is 14.6 Å². The second-order valence-corrected chi connectivity index (χ2v) is 7.32. The quantitative estimate of drug-likeness (QED) is 0.435. The summed E-state index contributed by atoms with van der Waals surface area (Å²) in [6, 6.07) is 5.37. The first-order valence-electron chi connectivity index (χ1n) is 8.12. The summed E-state index contributed by atoms with van der Waals surface area (Å²) in [5.74, 6) is 0.571. The van der Waals surface area contributed by atoms with Gasteiger partial charge in [-0.1, -0.05) is 0 Å². The van der Waals surface area contributed by atoms with Crippen LogP contribution in [0.2, 0.25) is 0 Å². The highest BCUT2D eigenvalue weighted by Gasteiger charge is 2.42. The Morgan fingerprint density at radius 1 is 1.15 bits per heavy atom. The van der Waals surface area contributed by atoms with Crippen molar-refractivity contribution in [1.82, 2.24) is 20.3 Å². The minimum absolute atomic E-state index is 0.288. The van der Waals surface area contributed by atoms with Crippen molar-refractivity contribution in [2.75, 3.05) is 11.5 Å². The average molecular weight is 375 g/mol. The number of aromatic nitrogens is 3. The molecular formula is C17H18FN5O2S. The monoisotopic (exact) mass is 375 g/mol. The summed E-state index contributed by atoms with van der Waals surface area (Å²) in [5, 5.41) is 24.2. The van der Waals surface area contributed by atoms with Crippen LogP contribution in [0.5, 0.6) is 0 Å². The molecule has 0 radical (unpaired) electrons. The van der Waals surface area contributed by atoms with Gasteiger partial charge in [0.05, 0.1) is 17.7 Å². The van der Waals surface area contributed by atoms with Gasteiger partial charge in [0, 0.05) is 28.5 Å². The predicted molar refractivity (Wildman–Crippen MR) is 97.1 cm³/mol. The molecule has 1 fully saturated rings. The summed E-state index contributed by atoms with van der Waals surface area (Å²) in [5.41, 5.74) is 7.79. The molecule has 4 rings (SSSR count). The Bertz CT molecular complexity index is 919. The van der Waals surface area contributed by atoms with E-state index in [1.807, 2.05) is 0 Å². The normalized spacial score (nSPS) is 25.8. The van der Waals surface area contributed by atoms with E-state index >= 15 is 0 Å². The Morgan fingerprint density at radius 2 is 1.92 bits per heavy atom. The average Bonchev–Trinajstić information content (AvgIpc) is 3.18. The van der Waals surface area contributed by atoms with E-state index in [1.165, 1.54) is 30.2 Å². The Kier molecular flexibility index (Phi) is 4.53. The molecule has 9 heteroatoms. The number of rotatable bonds is 4. The van der Waals surface area contributed by atoms with E-state index in [-0.39, 0.29) is 11.9 Å². The molecule has 0 saturated carbocycles. The molecule has 2 aromatic heterocycles. The lowest BCUT2D eigenvalue weighted by atomic mass is 10.0. The van der Waals surface area contributed by atoms with Crippen LogP contribution in [-0.2, 0) is 0 Å². The van der Waals surface area contributed by atoms with E-state index in [9.17, 15) is 14.6 Å². The first-order chi connectivity index (χ1) is 12.5. The minimum atomic E-state index is -0.982. The highest BCUT2D eigenvalue weighted by atomic mass is 32.2. The number of fused-ring (bicyclic) bond motifs is 1. The molecule has 136 valence electrons. The van der Waals surface area contributed by atoms with E-state index in [4.69, 9.17) is 5.73 Å². The van der Waals surface area contributed by atoms with Crippen LogP contribution in [0.3, 0.4) is 0 Å². The third-order valence-electron chi connectivity index (χ3n) is 4.60. The Balaban J connectivity index is 1.52. The highest BCUT2D eigenvalue weighted by Crippen LogP contribution is 2.34. The summed E-state index contributed by atoms with van der Waals surface area (Å²) < 4.78 is 13.0. The molecule has 0 aliphatic carbocycles. The maximum absolute atomic E-state index is 13.0. The molecule has 0 amide bonds. The van der Waals surface area contributed by atoms with E-state index in [1.54, 1.807) is 18.3 Å². The Morgan fingerprint density at radius 3 is 2.69 bits per heavy atom. The Hall–Kier alpha value is -2.20. The van der Waals surface area contributed by atoms with Gasteiger partial charge in [0.15, 0.2) is 5.82 Å². The number of aliphatic hydroxyl groups is 2. The van der Waals surface area contributed by atoms with Crippen molar-refractivity contribution in [3.63, 3.8) is 0 Å². The first-order valence-corrected chi connectivity index (χ1v) is 9.11. The number of nitrogens with two attached hydrogens (primary N) is 1. The van der Waals surface area contributed by atoms with Gasteiger partial charge in [-0.05, 0) is 24.3 Å². The standard InChI is InChI=1S/C17H18FN5O2S/c18-8-1-3-9(4-2-8)26-6-11-15(24)16(25)13(23-11)10-5-20-14-12(10)21-7-22-17(14)19/h1-5,7,11,13,15-16,20,23-25H,6H2,(H2,19,21,22)/t11-,13+,15-,16+/m1/s1.